The van der Waals surface area contributed by atoms with Gasteiger partial charge in [-0.3, -0.25) is 4.79 Å². The van der Waals surface area contributed by atoms with E-state index in [1.165, 1.54) is 18.2 Å². The van der Waals surface area contributed by atoms with Crippen LogP contribution < -0.4 is 10.6 Å². The van der Waals surface area contributed by atoms with Crippen LogP contribution in [0.5, 0.6) is 0 Å². The Balaban J connectivity index is 1.50. The van der Waals surface area contributed by atoms with Gasteiger partial charge in [0, 0.05) is 30.8 Å². The topological polar surface area (TPSA) is 101 Å². The summed E-state index contributed by atoms with van der Waals surface area (Å²) in [7, 11) is 0. The Morgan fingerprint density at radius 3 is 3.00 bits per heavy atom. The van der Waals surface area contributed by atoms with Gasteiger partial charge in [0.1, 0.15) is 11.6 Å². The highest BCUT2D eigenvalue weighted by Gasteiger charge is 2.19. The monoisotopic (exact) mass is 459 g/mol. The van der Waals surface area contributed by atoms with Crippen LogP contribution in [-0.4, -0.2) is 51.4 Å². The molecule has 1 aromatic carbocycles. The molecule has 3 aromatic rings. The summed E-state index contributed by atoms with van der Waals surface area (Å²) in [5.74, 6) is 0.181. The zero-order chi connectivity index (χ0) is 22.7. The number of carbonyl (C=O) groups is 1. The van der Waals surface area contributed by atoms with Gasteiger partial charge in [-0.05, 0) is 37.1 Å². The fourth-order valence-corrected chi connectivity index (χ4v) is 3.65. The predicted molar refractivity (Wildman–Crippen MR) is 118 cm³/mol. The van der Waals surface area contributed by atoms with Gasteiger partial charge in [0.25, 0.3) is 5.91 Å². The highest BCUT2D eigenvalue weighted by molar-refractivity contribution is 6.30. The lowest BCUT2D eigenvalue weighted by Gasteiger charge is -2.17. The molecule has 3 heterocycles. The maximum atomic E-state index is 13.4. The van der Waals surface area contributed by atoms with Crippen molar-refractivity contribution in [3.05, 3.63) is 70.4 Å². The summed E-state index contributed by atoms with van der Waals surface area (Å²) in [6, 6.07) is 5.16. The van der Waals surface area contributed by atoms with Crippen LogP contribution in [0.3, 0.4) is 0 Å². The van der Waals surface area contributed by atoms with E-state index in [2.05, 4.69) is 20.6 Å². The Bertz CT molecular complexity index is 1120. The van der Waals surface area contributed by atoms with Crippen molar-refractivity contribution in [2.24, 2.45) is 0 Å². The fraction of sp³-hybridized carbons (Fsp3) is 0.318. The zero-order valence-electron chi connectivity index (χ0n) is 17.4. The highest BCUT2D eigenvalue weighted by atomic mass is 35.5. The second-order valence-corrected chi connectivity index (χ2v) is 8.00. The van der Waals surface area contributed by atoms with Crippen LogP contribution >= 0.6 is 11.6 Å². The average Bonchev–Trinajstić information content (AvgIpc) is 3.47. The van der Waals surface area contributed by atoms with Gasteiger partial charge in [-0.1, -0.05) is 17.7 Å². The van der Waals surface area contributed by atoms with E-state index in [9.17, 15) is 14.3 Å². The molecule has 0 aliphatic carbocycles. The Labute approximate surface area is 189 Å². The van der Waals surface area contributed by atoms with Crippen molar-refractivity contribution < 1.29 is 19.0 Å². The summed E-state index contributed by atoms with van der Waals surface area (Å²) in [6.45, 7) is 2.86. The molecule has 1 aliphatic heterocycles. The normalized spacial score (nSPS) is 16.7. The lowest BCUT2D eigenvalue weighted by molar-refractivity contribution is 0.0916. The lowest BCUT2D eigenvalue weighted by Crippen LogP contribution is -2.30. The second-order valence-electron chi connectivity index (χ2n) is 7.59. The number of aliphatic hydroxyl groups is 1. The van der Waals surface area contributed by atoms with Crippen molar-refractivity contribution in [3.63, 3.8) is 0 Å². The lowest BCUT2D eigenvalue weighted by atomic mass is 10.1. The minimum Gasteiger partial charge on any atom is -0.394 e. The summed E-state index contributed by atoms with van der Waals surface area (Å²) < 4.78 is 20.5. The average molecular weight is 460 g/mol. The molecule has 0 saturated carbocycles. The second kappa shape index (κ2) is 9.64. The van der Waals surface area contributed by atoms with Crippen LogP contribution in [0.15, 0.2) is 42.9 Å². The summed E-state index contributed by atoms with van der Waals surface area (Å²) in [6.07, 6.45) is 6.00. The molecule has 1 aliphatic rings. The number of rotatable bonds is 7. The van der Waals surface area contributed by atoms with Gasteiger partial charge in [-0.15, -0.1) is 0 Å². The first kappa shape index (κ1) is 22.2. The number of nitrogens with one attached hydrogen (secondary N) is 2. The number of ether oxygens (including phenoxy) is 1. The number of aromatic nitrogens is 3. The molecule has 8 nitrogen and oxygen atoms in total. The number of nitrogens with zero attached hydrogens (tertiary/aromatic N) is 3. The van der Waals surface area contributed by atoms with Gasteiger partial charge in [-0.2, -0.15) is 4.98 Å². The SMILES string of the molecule is Cc1cnc(NC2CCOC2)nc1-n1ccc(C(=O)N[C@H](CO)c2ccc(F)c(Cl)c2)c1. The third kappa shape index (κ3) is 4.90. The molecular formula is C22H23ClFN5O3. The fourth-order valence-electron chi connectivity index (χ4n) is 3.46. The molecule has 0 radical (unpaired) electrons. The van der Waals surface area contributed by atoms with Crippen molar-refractivity contribution >= 4 is 23.5 Å². The van der Waals surface area contributed by atoms with Crippen LogP contribution in [0.1, 0.15) is 33.9 Å². The van der Waals surface area contributed by atoms with Crippen LogP contribution in [0.2, 0.25) is 5.02 Å². The molecule has 32 heavy (non-hydrogen) atoms. The number of aliphatic hydroxyl groups excluding tert-OH is 1. The van der Waals surface area contributed by atoms with Gasteiger partial charge in [0.05, 0.1) is 35.9 Å². The van der Waals surface area contributed by atoms with Gasteiger partial charge in [0.15, 0.2) is 0 Å². The summed E-state index contributed by atoms with van der Waals surface area (Å²) >= 11 is 5.82. The number of halogens is 2. The molecule has 1 saturated heterocycles. The summed E-state index contributed by atoms with van der Waals surface area (Å²) in [5, 5.41) is 15.6. The van der Waals surface area contributed by atoms with Crippen molar-refractivity contribution in [2.75, 3.05) is 25.1 Å². The van der Waals surface area contributed by atoms with Gasteiger partial charge in [-0.25, -0.2) is 9.37 Å². The number of carbonyl (C=O) groups excluding carboxylic acids is 1. The maximum Gasteiger partial charge on any atom is 0.253 e. The smallest absolute Gasteiger partial charge is 0.253 e. The molecule has 4 rings (SSSR count). The van der Waals surface area contributed by atoms with Crippen molar-refractivity contribution in [2.45, 2.75) is 25.4 Å². The maximum absolute atomic E-state index is 13.4. The van der Waals surface area contributed by atoms with E-state index in [4.69, 9.17) is 16.3 Å². The summed E-state index contributed by atoms with van der Waals surface area (Å²) in [5.41, 5.74) is 1.73. The molecule has 1 amide bonds. The Hall–Kier alpha value is -3.01. The molecule has 0 bridgehead atoms. The number of benzene rings is 1. The molecule has 168 valence electrons. The molecule has 1 fully saturated rings. The first-order chi connectivity index (χ1) is 15.4. The largest absolute Gasteiger partial charge is 0.394 e. The zero-order valence-corrected chi connectivity index (χ0v) is 18.1. The number of anilines is 1. The molecule has 10 heteroatoms. The van der Waals surface area contributed by atoms with Crippen LogP contribution in [-0.2, 0) is 4.74 Å². The molecule has 3 N–H and O–H groups in total. The third-order valence-electron chi connectivity index (χ3n) is 5.24. The Kier molecular flexibility index (Phi) is 6.69. The van der Waals surface area contributed by atoms with E-state index in [0.717, 1.165) is 12.0 Å². The van der Waals surface area contributed by atoms with E-state index in [1.54, 1.807) is 29.2 Å². The number of aryl methyl sites for hydroxylation is 1. The van der Waals surface area contributed by atoms with Gasteiger partial charge >= 0.3 is 0 Å². The first-order valence-corrected chi connectivity index (χ1v) is 10.6. The van der Waals surface area contributed by atoms with Crippen LogP contribution in [0.4, 0.5) is 10.3 Å². The van der Waals surface area contributed by atoms with Crippen molar-refractivity contribution in [1.82, 2.24) is 19.9 Å². The van der Waals surface area contributed by atoms with E-state index in [0.29, 0.717) is 36.1 Å². The van der Waals surface area contributed by atoms with Crippen molar-refractivity contribution in [1.29, 1.82) is 0 Å². The molecule has 2 atom stereocenters. The minimum absolute atomic E-state index is 0.0748. The quantitative estimate of drug-likeness (QED) is 0.502. The van der Waals surface area contributed by atoms with E-state index < -0.39 is 17.8 Å². The minimum atomic E-state index is -0.728. The molecule has 0 spiro atoms. The van der Waals surface area contributed by atoms with Crippen molar-refractivity contribution in [3.8, 4) is 5.82 Å². The number of amides is 1. The summed E-state index contributed by atoms with van der Waals surface area (Å²) in [4.78, 5) is 21.7. The Morgan fingerprint density at radius 2 is 2.28 bits per heavy atom. The third-order valence-corrected chi connectivity index (χ3v) is 5.53. The Morgan fingerprint density at radius 1 is 1.44 bits per heavy atom. The predicted octanol–water partition coefficient (Wildman–Crippen LogP) is 3.03. The number of hydrogen-bond donors (Lipinski definition) is 3. The van der Waals surface area contributed by atoms with Crippen LogP contribution in [0.25, 0.3) is 5.82 Å². The number of hydrogen-bond acceptors (Lipinski definition) is 6. The van der Waals surface area contributed by atoms with E-state index in [1.807, 2.05) is 6.92 Å². The van der Waals surface area contributed by atoms with E-state index >= 15 is 0 Å². The van der Waals surface area contributed by atoms with Gasteiger partial charge in [0.2, 0.25) is 5.95 Å². The van der Waals surface area contributed by atoms with E-state index in [-0.39, 0.29) is 17.7 Å². The van der Waals surface area contributed by atoms with Crippen LogP contribution in [0, 0.1) is 12.7 Å². The standard InChI is InChI=1S/C22H23ClFN5O3/c1-13-9-25-22(26-16-5-7-32-12-16)28-20(13)29-6-4-15(10-29)21(31)27-19(11-30)14-2-3-18(24)17(23)8-14/h2-4,6,8-10,16,19,30H,5,7,11-12H2,1H3,(H,27,31)(H,25,26,28)/t16?,19-/m1/s1. The van der Waals surface area contributed by atoms with Gasteiger partial charge < -0.3 is 25.0 Å². The molecule has 1 unspecified atom stereocenters. The molecule has 2 aromatic heterocycles. The first-order valence-electron chi connectivity index (χ1n) is 10.2. The molecular weight excluding hydrogens is 437 g/mol. The highest BCUT2D eigenvalue weighted by Crippen LogP contribution is 2.22.